The Hall–Kier alpha value is -2.11. The number of rotatable bonds is 5. The summed E-state index contributed by atoms with van der Waals surface area (Å²) in [5.74, 6) is 2.35. The molecule has 0 radical (unpaired) electrons. The summed E-state index contributed by atoms with van der Waals surface area (Å²) in [5, 5.41) is 11.5. The molecule has 1 saturated carbocycles. The van der Waals surface area contributed by atoms with Gasteiger partial charge in [0.1, 0.15) is 5.82 Å². The Kier molecular flexibility index (Phi) is 4.24. The van der Waals surface area contributed by atoms with E-state index in [9.17, 15) is 4.79 Å². The zero-order valence-corrected chi connectivity index (χ0v) is 14.4. The lowest BCUT2D eigenvalue weighted by Gasteiger charge is -2.24. The minimum absolute atomic E-state index is 0.0500. The van der Waals surface area contributed by atoms with Gasteiger partial charge in [0.2, 0.25) is 0 Å². The fourth-order valence-corrected chi connectivity index (χ4v) is 3.32. The Morgan fingerprint density at radius 1 is 1.35 bits per heavy atom. The second-order valence-electron chi connectivity index (χ2n) is 6.37. The van der Waals surface area contributed by atoms with Crippen LogP contribution < -0.4 is 5.32 Å². The standard InChI is InChI=1S/C17H25N5O/c1-5-22-11(2)9-14(12(22)3)17(23)18-10-15-19-20-16(21(15)4)13-7-6-8-13/h9,13H,5-8,10H2,1-4H3,(H,18,23). The monoisotopic (exact) mass is 315 g/mol. The Morgan fingerprint density at radius 3 is 2.65 bits per heavy atom. The van der Waals surface area contributed by atoms with E-state index >= 15 is 0 Å². The quantitative estimate of drug-likeness (QED) is 0.921. The van der Waals surface area contributed by atoms with Gasteiger partial charge in [-0.3, -0.25) is 4.79 Å². The molecule has 6 heteroatoms. The first kappa shape index (κ1) is 15.8. The fraction of sp³-hybridized carbons (Fsp3) is 0.588. The highest BCUT2D eigenvalue weighted by Gasteiger charge is 2.25. The molecule has 0 spiro atoms. The summed E-state index contributed by atoms with van der Waals surface area (Å²) >= 11 is 0. The average molecular weight is 315 g/mol. The molecule has 0 atom stereocenters. The topological polar surface area (TPSA) is 64.7 Å². The van der Waals surface area contributed by atoms with Crippen molar-refractivity contribution in [3.63, 3.8) is 0 Å². The first-order valence-electron chi connectivity index (χ1n) is 8.36. The molecule has 0 aliphatic heterocycles. The number of carbonyl (C=O) groups excluding carboxylic acids is 1. The molecular formula is C17H25N5O. The van der Waals surface area contributed by atoms with Crippen LogP contribution in [0.4, 0.5) is 0 Å². The van der Waals surface area contributed by atoms with Crippen LogP contribution in [0.1, 0.15) is 65.5 Å². The highest BCUT2D eigenvalue weighted by atomic mass is 16.1. The summed E-state index contributed by atoms with van der Waals surface area (Å²) < 4.78 is 4.17. The van der Waals surface area contributed by atoms with Crippen molar-refractivity contribution in [3.8, 4) is 0 Å². The molecule has 1 fully saturated rings. The molecule has 0 aromatic carbocycles. The predicted octanol–water partition coefficient (Wildman–Crippen LogP) is 2.45. The summed E-state index contributed by atoms with van der Waals surface area (Å²) in [7, 11) is 1.98. The van der Waals surface area contributed by atoms with Crippen LogP contribution in [-0.2, 0) is 20.1 Å². The van der Waals surface area contributed by atoms with E-state index in [2.05, 4.69) is 27.0 Å². The van der Waals surface area contributed by atoms with Gasteiger partial charge >= 0.3 is 0 Å². The minimum Gasteiger partial charge on any atom is -0.349 e. The van der Waals surface area contributed by atoms with E-state index in [0.29, 0.717) is 12.5 Å². The molecule has 1 aliphatic rings. The normalized spacial score (nSPS) is 14.8. The number of aryl methyl sites for hydroxylation is 1. The van der Waals surface area contributed by atoms with Crippen molar-refractivity contribution in [2.75, 3.05) is 0 Å². The Labute approximate surface area is 136 Å². The number of amides is 1. The number of hydrogen-bond acceptors (Lipinski definition) is 3. The number of nitrogens with one attached hydrogen (secondary N) is 1. The van der Waals surface area contributed by atoms with E-state index in [-0.39, 0.29) is 5.91 Å². The molecule has 1 N–H and O–H groups in total. The summed E-state index contributed by atoms with van der Waals surface area (Å²) in [6, 6.07) is 1.95. The van der Waals surface area contributed by atoms with Gasteiger partial charge in [-0.2, -0.15) is 0 Å². The molecule has 0 bridgehead atoms. The van der Waals surface area contributed by atoms with Crippen molar-refractivity contribution in [1.29, 1.82) is 0 Å². The molecule has 0 saturated heterocycles. The van der Waals surface area contributed by atoms with Gasteiger partial charge in [-0.1, -0.05) is 6.42 Å². The highest BCUT2D eigenvalue weighted by Crippen LogP contribution is 2.35. The molecule has 2 heterocycles. The van der Waals surface area contributed by atoms with Crippen molar-refractivity contribution in [2.45, 2.75) is 59.0 Å². The lowest BCUT2D eigenvalue weighted by molar-refractivity contribution is 0.0949. The van der Waals surface area contributed by atoms with Gasteiger partial charge in [-0.15, -0.1) is 10.2 Å². The third kappa shape index (κ3) is 2.78. The van der Waals surface area contributed by atoms with Gasteiger partial charge in [0.05, 0.1) is 12.1 Å². The number of nitrogens with zero attached hydrogens (tertiary/aromatic N) is 4. The van der Waals surface area contributed by atoms with Gasteiger partial charge in [-0.05, 0) is 39.7 Å². The number of aromatic nitrogens is 4. The van der Waals surface area contributed by atoms with E-state index in [1.807, 2.05) is 31.5 Å². The highest BCUT2D eigenvalue weighted by molar-refractivity contribution is 5.95. The summed E-state index contributed by atoms with van der Waals surface area (Å²) in [4.78, 5) is 12.5. The summed E-state index contributed by atoms with van der Waals surface area (Å²) in [6.07, 6.45) is 3.67. The molecule has 2 aromatic rings. The van der Waals surface area contributed by atoms with Crippen molar-refractivity contribution >= 4 is 5.91 Å². The van der Waals surface area contributed by atoms with Gasteiger partial charge in [0, 0.05) is 30.9 Å². The lowest BCUT2D eigenvalue weighted by Crippen LogP contribution is -2.25. The van der Waals surface area contributed by atoms with Crippen LogP contribution in [0.25, 0.3) is 0 Å². The van der Waals surface area contributed by atoms with E-state index in [1.165, 1.54) is 19.3 Å². The van der Waals surface area contributed by atoms with Crippen molar-refractivity contribution in [3.05, 3.63) is 34.7 Å². The third-order valence-corrected chi connectivity index (χ3v) is 5.01. The lowest BCUT2D eigenvalue weighted by atomic mass is 9.85. The SMILES string of the molecule is CCn1c(C)cc(C(=O)NCc2nnc(C3CCC3)n2C)c1C. The molecule has 2 aromatic heterocycles. The number of carbonyl (C=O) groups is 1. The van der Waals surface area contributed by atoms with Crippen LogP contribution in [0.3, 0.4) is 0 Å². The molecule has 1 aliphatic carbocycles. The van der Waals surface area contributed by atoms with E-state index < -0.39 is 0 Å². The zero-order valence-electron chi connectivity index (χ0n) is 14.4. The van der Waals surface area contributed by atoms with E-state index in [1.54, 1.807) is 0 Å². The van der Waals surface area contributed by atoms with Crippen molar-refractivity contribution < 1.29 is 4.79 Å². The van der Waals surface area contributed by atoms with Crippen LogP contribution in [-0.4, -0.2) is 25.2 Å². The van der Waals surface area contributed by atoms with Crippen LogP contribution in [0.2, 0.25) is 0 Å². The predicted molar refractivity (Wildman–Crippen MR) is 88.3 cm³/mol. The maximum absolute atomic E-state index is 12.5. The van der Waals surface area contributed by atoms with Gasteiger partial charge in [-0.25, -0.2) is 0 Å². The minimum atomic E-state index is -0.0500. The molecule has 0 unspecified atom stereocenters. The van der Waals surface area contributed by atoms with Gasteiger partial charge in [0.25, 0.3) is 5.91 Å². The molecule has 6 nitrogen and oxygen atoms in total. The van der Waals surface area contributed by atoms with Crippen LogP contribution in [0.15, 0.2) is 6.07 Å². The first-order valence-corrected chi connectivity index (χ1v) is 8.36. The first-order chi connectivity index (χ1) is 11.0. The largest absolute Gasteiger partial charge is 0.349 e. The number of hydrogen-bond donors (Lipinski definition) is 1. The molecule has 3 rings (SSSR count). The maximum atomic E-state index is 12.5. The summed E-state index contributed by atoms with van der Waals surface area (Å²) in [6.45, 7) is 7.39. The second kappa shape index (κ2) is 6.18. The molecule has 124 valence electrons. The Balaban J connectivity index is 1.69. The zero-order chi connectivity index (χ0) is 16.6. The van der Waals surface area contributed by atoms with Crippen LogP contribution in [0, 0.1) is 13.8 Å². The smallest absolute Gasteiger partial charge is 0.253 e. The van der Waals surface area contributed by atoms with E-state index in [0.717, 1.165) is 35.1 Å². The van der Waals surface area contributed by atoms with Crippen LogP contribution in [0.5, 0.6) is 0 Å². The third-order valence-electron chi connectivity index (χ3n) is 5.01. The van der Waals surface area contributed by atoms with E-state index in [4.69, 9.17) is 0 Å². The Morgan fingerprint density at radius 2 is 2.09 bits per heavy atom. The molecule has 23 heavy (non-hydrogen) atoms. The molecular weight excluding hydrogens is 290 g/mol. The average Bonchev–Trinajstić information content (AvgIpc) is 2.96. The summed E-state index contributed by atoms with van der Waals surface area (Å²) in [5.41, 5.74) is 2.86. The van der Waals surface area contributed by atoms with Gasteiger partial charge in [0.15, 0.2) is 5.82 Å². The Bertz CT molecular complexity index is 724. The van der Waals surface area contributed by atoms with Crippen molar-refractivity contribution in [2.24, 2.45) is 7.05 Å². The van der Waals surface area contributed by atoms with Crippen LogP contribution >= 0.6 is 0 Å². The fourth-order valence-electron chi connectivity index (χ4n) is 3.32. The molecule has 1 amide bonds. The second-order valence-corrected chi connectivity index (χ2v) is 6.37. The van der Waals surface area contributed by atoms with Crippen molar-refractivity contribution in [1.82, 2.24) is 24.6 Å². The maximum Gasteiger partial charge on any atom is 0.253 e. The van der Waals surface area contributed by atoms with Gasteiger partial charge < -0.3 is 14.5 Å².